The first-order chi connectivity index (χ1) is 12.3. The fourth-order valence-corrected chi connectivity index (χ4v) is 4.20. The third-order valence-electron chi connectivity index (χ3n) is 3.90. The molecule has 26 heavy (non-hydrogen) atoms. The molecule has 0 heterocycles. The van der Waals surface area contributed by atoms with E-state index in [1.54, 1.807) is 50.4 Å². The number of sulfone groups is 1. The number of hydrogen-bond donors (Lipinski definition) is 1. The van der Waals surface area contributed by atoms with Crippen molar-refractivity contribution in [3.8, 4) is 0 Å². The molecule has 2 N–H and O–H groups in total. The van der Waals surface area contributed by atoms with Crippen molar-refractivity contribution in [2.45, 2.75) is 24.8 Å². The highest BCUT2D eigenvalue weighted by atomic mass is 32.2. The number of carbonyl (C=O) groups is 2. The number of carbonyl (C=O) groups excluding carboxylic acids is 2. The summed E-state index contributed by atoms with van der Waals surface area (Å²) in [6.45, 7) is 2.00. The zero-order valence-electron chi connectivity index (χ0n) is 14.8. The fraction of sp³-hybridized carbons (Fsp3) is 0.263. The van der Waals surface area contributed by atoms with Crippen LogP contribution in [0.3, 0.4) is 0 Å². The van der Waals surface area contributed by atoms with Crippen molar-refractivity contribution in [3.05, 3.63) is 65.2 Å². The van der Waals surface area contributed by atoms with E-state index in [1.807, 2.05) is 0 Å². The summed E-state index contributed by atoms with van der Waals surface area (Å²) >= 11 is 0. The van der Waals surface area contributed by atoms with Crippen molar-refractivity contribution < 1.29 is 18.0 Å². The molecule has 2 aromatic rings. The number of nitrogens with two attached hydrogens (primary N) is 1. The lowest BCUT2D eigenvalue weighted by Crippen LogP contribution is -2.28. The predicted molar refractivity (Wildman–Crippen MR) is 99.5 cm³/mol. The van der Waals surface area contributed by atoms with Crippen LogP contribution in [0.1, 0.15) is 39.6 Å². The van der Waals surface area contributed by atoms with E-state index in [2.05, 4.69) is 0 Å². The van der Waals surface area contributed by atoms with E-state index >= 15 is 0 Å². The first-order valence-corrected chi connectivity index (χ1v) is 9.87. The van der Waals surface area contributed by atoms with Crippen molar-refractivity contribution in [2.75, 3.05) is 12.8 Å². The molecule has 0 bridgehead atoms. The lowest BCUT2D eigenvalue weighted by atomic mass is 10.1. The van der Waals surface area contributed by atoms with Crippen molar-refractivity contribution >= 4 is 21.7 Å². The monoisotopic (exact) mass is 374 g/mol. The minimum atomic E-state index is -3.52. The predicted octanol–water partition coefficient (Wildman–Crippen LogP) is 2.24. The summed E-state index contributed by atoms with van der Waals surface area (Å²) in [4.78, 5) is 25.6. The van der Waals surface area contributed by atoms with Gasteiger partial charge in [-0.25, -0.2) is 8.42 Å². The molecule has 0 saturated heterocycles. The molecule has 7 heteroatoms. The molecule has 0 radical (unpaired) electrons. The van der Waals surface area contributed by atoms with E-state index in [1.165, 1.54) is 17.0 Å². The van der Waals surface area contributed by atoms with E-state index in [0.29, 0.717) is 12.0 Å². The quantitative estimate of drug-likeness (QED) is 0.803. The largest absolute Gasteiger partial charge is 0.366 e. The Bertz CT molecular complexity index is 923. The van der Waals surface area contributed by atoms with Crippen molar-refractivity contribution in [1.82, 2.24) is 4.90 Å². The highest BCUT2D eigenvalue weighted by Gasteiger charge is 2.23. The zero-order valence-corrected chi connectivity index (χ0v) is 15.6. The van der Waals surface area contributed by atoms with Gasteiger partial charge in [0.05, 0.1) is 16.2 Å². The van der Waals surface area contributed by atoms with Crippen LogP contribution in [0.25, 0.3) is 0 Å². The third-order valence-corrected chi connectivity index (χ3v) is 5.88. The molecule has 138 valence electrons. The van der Waals surface area contributed by atoms with Gasteiger partial charge in [0.1, 0.15) is 0 Å². The molecule has 2 amide bonds. The molecule has 0 saturated carbocycles. The summed E-state index contributed by atoms with van der Waals surface area (Å²) in [5, 5.41) is 0. The summed E-state index contributed by atoms with van der Waals surface area (Å²) in [5.41, 5.74) is 6.51. The van der Waals surface area contributed by atoms with Gasteiger partial charge in [0.15, 0.2) is 9.84 Å². The van der Waals surface area contributed by atoms with Crippen molar-refractivity contribution in [1.29, 1.82) is 0 Å². The number of nitrogens with zero attached hydrogens (tertiary/aromatic N) is 1. The lowest BCUT2D eigenvalue weighted by molar-refractivity contribution is 0.0781. The Morgan fingerprint density at radius 2 is 1.77 bits per heavy atom. The molecular formula is C19H22N2O4S. The van der Waals surface area contributed by atoms with E-state index in [9.17, 15) is 18.0 Å². The molecule has 0 spiro atoms. The maximum absolute atomic E-state index is 12.8. The molecule has 2 aromatic carbocycles. The summed E-state index contributed by atoms with van der Waals surface area (Å²) in [5.74, 6) is -0.955. The average molecular weight is 374 g/mol. The van der Waals surface area contributed by atoms with Crippen LogP contribution in [0.15, 0.2) is 53.4 Å². The van der Waals surface area contributed by atoms with Gasteiger partial charge in [-0.1, -0.05) is 31.2 Å². The Hall–Kier alpha value is -2.67. The van der Waals surface area contributed by atoms with Crippen LogP contribution < -0.4 is 5.73 Å². The Morgan fingerprint density at radius 1 is 1.08 bits per heavy atom. The van der Waals surface area contributed by atoms with Gasteiger partial charge in [0.2, 0.25) is 5.91 Å². The molecule has 0 aromatic heterocycles. The van der Waals surface area contributed by atoms with E-state index in [-0.39, 0.29) is 22.8 Å². The first-order valence-electron chi connectivity index (χ1n) is 8.22. The van der Waals surface area contributed by atoms with E-state index in [4.69, 9.17) is 5.73 Å². The van der Waals surface area contributed by atoms with E-state index in [0.717, 1.165) is 5.56 Å². The van der Waals surface area contributed by atoms with Crippen molar-refractivity contribution in [2.24, 2.45) is 5.73 Å². The minimum Gasteiger partial charge on any atom is -0.366 e. The van der Waals surface area contributed by atoms with Gasteiger partial charge in [-0.05, 0) is 36.2 Å². The molecule has 0 aliphatic heterocycles. The lowest BCUT2D eigenvalue weighted by Gasteiger charge is -2.19. The molecule has 0 aliphatic carbocycles. The van der Waals surface area contributed by atoms with Gasteiger partial charge in [-0.15, -0.1) is 0 Å². The zero-order chi connectivity index (χ0) is 19.3. The Kier molecular flexibility index (Phi) is 6.15. The van der Waals surface area contributed by atoms with Crippen molar-refractivity contribution in [3.63, 3.8) is 0 Å². The highest BCUT2D eigenvalue weighted by Crippen LogP contribution is 2.20. The summed E-state index contributed by atoms with van der Waals surface area (Å²) in [6, 6.07) is 12.9. The number of rotatable bonds is 7. The first kappa shape index (κ1) is 19.7. The number of amides is 2. The maximum atomic E-state index is 12.8. The molecule has 6 nitrogen and oxygen atoms in total. The average Bonchev–Trinajstić information content (AvgIpc) is 2.61. The fourth-order valence-electron chi connectivity index (χ4n) is 2.67. The van der Waals surface area contributed by atoms with Gasteiger partial charge in [0.25, 0.3) is 5.91 Å². The SMILES string of the molecule is CCCS(=O)(=O)c1ccccc1C(=O)N(C)Cc1cccc(C(N)=O)c1. The summed E-state index contributed by atoms with van der Waals surface area (Å²) in [7, 11) is -1.93. The molecule has 0 fully saturated rings. The summed E-state index contributed by atoms with van der Waals surface area (Å²) < 4.78 is 24.9. The van der Waals surface area contributed by atoms with Crippen LogP contribution >= 0.6 is 0 Å². The van der Waals surface area contributed by atoms with Crippen LogP contribution in [0, 0.1) is 0 Å². The van der Waals surface area contributed by atoms with Gasteiger partial charge in [0, 0.05) is 19.2 Å². The second-order valence-electron chi connectivity index (χ2n) is 6.04. The van der Waals surface area contributed by atoms with Crippen LogP contribution in [0.4, 0.5) is 0 Å². The second-order valence-corrected chi connectivity index (χ2v) is 8.12. The Morgan fingerprint density at radius 3 is 2.42 bits per heavy atom. The van der Waals surface area contributed by atoms with Gasteiger partial charge in [-0.2, -0.15) is 0 Å². The topological polar surface area (TPSA) is 97.5 Å². The van der Waals surface area contributed by atoms with Crippen LogP contribution in [0.2, 0.25) is 0 Å². The summed E-state index contributed by atoms with van der Waals surface area (Å²) in [6.07, 6.45) is 0.473. The second kappa shape index (κ2) is 8.14. The normalized spacial score (nSPS) is 11.2. The minimum absolute atomic E-state index is 0.0122. The maximum Gasteiger partial charge on any atom is 0.255 e. The molecular weight excluding hydrogens is 352 g/mol. The van der Waals surface area contributed by atoms with Gasteiger partial charge >= 0.3 is 0 Å². The van der Waals surface area contributed by atoms with E-state index < -0.39 is 21.7 Å². The highest BCUT2D eigenvalue weighted by molar-refractivity contribution is 7.91. The third kappa shape index (κ3) is 4.49. The van der Waals surface area contributed by atoms with Crippen LogP contribution in [-0.4, -0.2) is 37.9 Å². The van der Waals surface area contributed by atoms with Crippen LogP contribution in [-0.2, 0) is 16.4 Å². The molecule has 0 atom stereocenters. The van der Waals surface area contributed by atoms with Crippen LogP contribution in [0.5, 0.6) is 0 Å². The number of primary amides is 1. The molecule has 0 aliphatic rings. The van der Waals surface area contributed by atoms with Gasteiger partial charge < -0.3 is 10.6 Å². The molecule has 0 unspecified atom stereocenters. The smallest absolute Gasteiger partial charge is 0.255 e. The molecule has 2 rings (SSSR count). The standard InChI is InChI=1S/C19H22N2O4S/c1-3-11-26(24,25)17-10-5-4-9-16(17)19(23)21(2)13-14-7-6-8-15(12-14)18(20)22/h4-10,12H,3,11,13H2,1-2H3,(H2,20,22). The number of benzene rings is 2. The Balaban J connectivity index is 2.29. The number of hydrogen-bond acceptors (Lipinski definition) is 4. The Labute approximate surface area is 153 Å². The van der Waals surface area contributed by atoms with Gasteiger partial charge in [-0.3, -0.25) is 9.59 Å².